The molecule has 0 amide bonds. The van der Waals surface area contributed by atoms with E-state index in [2.05, 4.69) is 16.6 Å². The normalized spacial score (nSPS) is 9.14. The van der Waals surface area contributed by atoms with Crippen molar-refractivity contribution in [3.05, 3.63) is 29.3 Å². The first-order valence-electron chi connectivity index (χ1n) is 3.81. The van der Waals surface area contributed by atoms with Crippen molar-refractivity contribution in [2.75, 3.05) is 13.7 Å². The van der Waals surface area contributed by atoms with Crippen LogP contribution in [0.2, 0.25) is 0 Å². The summed E-state index contributed by atoms with van der Waals surface area (Å²) in [6.07, 6.45) is 0. The predicted octanol–water partition coefficient (Wildman–Crippen LogP) is 1.32. The third-order valence-corrected chi connectivity index (χ3v) is 1.54. The van der Waals surface area contributed by atoms with E-state index in [0.29, 0.717) is 0 Å². The Balaban J connectivity index is 3.18. The molecule has 0 atom stereocenters. The highest BCUT2D eigenvalue weighted by molar-refractivity contribution is 5.41. The van der Waals surface area contributed by atoms with Gasteiger partial charge in [0.25, 0.3) is 0 Å². The van der Waals surface area contributed by atoms with E-state index in [1.165, 1.54) is 7.11 Å². The van der Waals surface area contributed by atoms with Crippen LogP contribution in [0.5, 0.6) is 5.75 Å². The van der Waals surface area contributed by atoms with E-state index in [9.17, 15) is 8.78 Å². The van der Waals surface area contributed by atoms with E-state index >= 15 is 0 Å². The van der Waals surface area contributed by atoms with Crippen molar-refractivity contribution in [3.63, 3.8) is 0 Å². The van der Waals surface area contributed by atoms with Crippen LogP contribution < -0.4 is 4.74 Å². The molecule has 14 heavy (non-hydrogen) atoms. The Morgan fingerprint density at radius 1 is 1.36 bits per heavy atom. The maximum Gasteiger partial charge on any atom is 0.145 e. The first kappa shape index (κ1) is 10.5. The van der Waals surface area contributed by atoms with Crippen LogP contribution in [-0.4, -0.2) is 18.8 Å². The van der Waals surface area contributed by atoms with Crippen molar-refractivity contribution in [1.82, 2.24) is 0 Å². The van der Waals surface area contributed by atoms with Crippen LogP contribution in [-0.2, 0) is 0 Å². The Kier molecular flexibility index (Phi) is 3.43. The molecule has 0 fully saturated rings. The number of rotatable bonds is 1. The molecule has 1 aromatic rings. The van der Waals surface area contributed by atoms with Crippen molar-refractivity contribution < 1.29 is 18.6 Å². The Morgan fingerprint density at radius 3 is 2.36 bits per heavy atom. The Hall–Kier alpha value is -1.60. The fourth-order valence-electron chi connectivity index (χ4n) is 0.915. The molecule has 0 spiro atoms. The summed E-state index contributed by atoms with van der Waals surface area (Å²) >= 11 is 0. The summed E-state index contributed by atoms with van der Waals surface area (Å²) in [6.45, 7) is -0.440. The van der Waals surface area contributed by atoms with E-state index in [-0.39, 0.29) is 11.3 Å². The molecule has 0 saturated carbocycles. The number of aliphatic hydroxyl groups is 1. The Bertz CT molecular complexity index is 368. The predicted molar refractivity (Wildman–Crippen MR) is 46.9 cm³/mol. The molecule has 0 aliphatic carbocycles. The molecule has 1 N–H and O–H groups in total. The maximum atomic E-state index is 13.1. The number of halogens is 2. The highest BCUT2D eigenvalue weighted by atomic mass is 19.1. The van der Waals surface area contributed by atoms with Crippen LogP contribution in [0.1, 0.15) is 5.56 Å². The van der Waals surface area contributed by atoms with Gasteiger partial charge in [0.1, 0.15) is 24.0 Å². The minimum atomic E-state index is -0.803. The maximum absolute atomic E-state index is 13.1. The molecule has 1 rings (SSSR count). The summed E-state index contributed by atoms with van der Waals surface area (Å²) in [4.78, 5) is 0. The van der Waals surface area contributed by atoms with Crippen molar-refractivity contribution in [1.29, 1.82) is 0 Å². The van der Waals surface area contributed by atoms with Gasteiger partial charge >= 0.3 is 0 Å². The summed E-state index contributed by atoms with van der Waals surface area (Å²) in [6, 6.07) is 2.06. The SMILES string of the molecule is COc1cc(F)c(C#CCO)c(F)c1. The van der Waals surface area contributed by atoms with E-state index in [1.54, 1.807) is 0 Å². The fourth-order valence-corrected chi connectivity index (χ4v) is 0.915. The first-order chi connectivity index (χ1) is 6.69. The topological polar surface area (TPSA) is 29.5 Å². The van der Waals surface area contributed by atoms with Gasteiger partial charge in [0, 0.05) is 12.1 Å². The van der Waals surface area contributed by atoms with Crippen LogP contribution >= 0.6 is 0 Å². The lowest BCUT2D eigenvalue weighted by molar-refractivity contribution is 0.350. The molecule has 0 heterocycles. The minimum Gasteiger partial charge on any atom is -0.497 e. The van der Waals surface area contributed by atoms with Gasteiger partial charge in [-0.15, -0.1) is 0 Å². The fraction of sp³-hybridized carbons (Fsp3) is 0.200. The number of hydrogen-bond acceptors (Lipinski definition) is 2. The molecule has 4 heteroatoms. The molecule has 0 radical (unpaired) electrons. The third-order valence-electron chi connectivity index (χ3n) is 1.54. The Morgan fingerprint density at radius 2 is 1.93 bits per heavy atom. The Labute approximate surface area is 80.1 Å². The molecule has 0 unspecified atom stereocenters. The molecule has 0 bridgehead atoms. The standard InChI is InChI=1S/C10H8F2O2/c1-14-7-5-9(11)8(3-2-4-13)10(12)6-7/h5-6,13H,4H2,1H3. The lowest BCUT2D eigenvalue weighted by Gasteiger charge is -2.02. The van der Waals surface area contributed by atoms with Gasteiger partial charge in [0.15, 0.2) is 0 Å². The second-order valence-electron chi connectivity index (χ2n) is 2.43. The van der Waals surface area contributed by atoms with Crippen molar-refractivity contribution in [2.45, 2.75) is 0 Å². The van der Waals surface area contributed by atoms with Crippen LogP contribution in [0.3, 0.4) is 0 Å². The lowest BCUT2D eigenvalue weighted by atomic mass is 10.2. The van der Waals surface area contributed by atoms with Crippen molar-refractivity contribution in [2.24, 2.45) is 0 Å². The molecule has 0 saturated heterocycles. The van der Waals surface area contributed by atoms with Crippen LogP contribution in [0.25, 0.3) is 0 Å². The molecule has 0 aliphatic heterocycles. The van der Waals surface area contributed by atoms with Crippen LogP contribution in [0.4, 0.5) is 8.78 Å². The van der Waals surface area contributed by atoms with Gasteiger partial charge in [0.05, 0.1) is 12.7 Å². The monoisotopic (exact) mass is 198 g/mol. The molecular weight excluding hydrogens is 190 g/mol. The average Bonchev–Trinajstić information content (AvgIpc) is 2.16. The summed E-state index contributed by atoms with van der Waals surface area (Å²) in [5.41, 5.74) is -0.361. The quantitative estimate of drug-likeness (QED) is 0.689. The van der Waals surface area contributed by atoms with Gasteiger partial charge < -0.3 is 9.84 Å². The summed E-state index contributed by atoms with van der Waals surface area (Å²) < 4.78 is 30.9. The summed E-state index contributed by atoms with van der Waals surface area (Å²) in [5, 5.41) is 8.37. The van der Waals surface area contributed by atoms with Crippen LogP contribution in [0, 0.1) is 23.5 Å². The largest absolute Gasteiger partial charge is 0.497 e. The number of aliphatic hydroxyl groups excluding tert-OH is 1. The molecule has 74 valence electrons. The van der Waals surface area contributed by atoms with Gasteiger partial charge in [-0.25, -0.2) is 8.78 Å². The number of ether oxygens (including phenoxy) is 1. The summed E-state index contributed by atoms with van der Waals surface area (Å²) in [7, 11) is 1.31. The van der Waals surface area contributed by atoms with Gasteiger partial charge in [-0.3, -0.25) is 0 Å². The zero-order valence-electron chi connectivity index (χ0n) is 7.47. The number of methoxy groups -OCH3 is 1. The third kappa shape index (κ3) is 2.21. The highest BCUT2D eigenvalue weighted by Crippen LogP contribution is 2.19. The lowest BCUT2D eigenvalue weighted by Crippen LogP contribution is -1.93. The second kappa shape index (κ2) is 4.58. The average molecular weight is 198 g/mol. The zero-order chi connectivity index (χ0) is 10.6. The van der Waals surface area contributed by atoms with Crippen molar-refractivity contribution in [3.8, 4) is 17.6 Å². The molecule has 0 aliphatic rings. The van der Waals surface area contributed by atoms with Gasteiger partial charge in [0.2, 0.25) is 0 Å². The molecule has 1 aromatic carbocycles. The first-order valence-corrected chi connectivity index (χ1v) is 3.81. The van der Waals surface area contributed by atoms with E-state index in [4.69, 9.17) is 5.11 Å². The van der Waals surface area contributed by atoms with Gasteiger partial charge in [-0.2, -0.15) is 0 Å². The number of benzene rings is 1. The van der Waals surface area contributed by atoms with E-state index < -0.39 is 18.2 Å². The van der Waals surface area contributed by atoms with Crippen molar-refractivity contribution >= 4 is 0 Å². The van der Waals surface area contributed by atoms with Crippen LogP contribution in [0.15, 0.2) is 12.1 Å². The van der Waals surface area contributed by atoms with Gasteiger partial charge in [-0.1, -0.05) is 11.8 Å². The van der Waals surface area contributed by atoms with E-state index in [1.807, 2.05) is 0 Å². The number of hydrogen-bond donors (Lipinski definition) is 1. The van der Waals surface area contributed by atoms with E-state index in [0.717, 1.165) is 12.1 Å². The molecule has 0 aromatic heterocycles. The molecular formula is C10H8F2O2. The smallest absolute Gasteiger partial charge is 0.145 e. The summed E-state index contributed by atoms with van der Waals surface area (Å²) in [5.74, 6) is 2.83. The zero-order valence-corrected chi connectivity index (χ0v) is 7.47. The molecule has 2 nitrogen and oxygen atoms in total. The minimum absolute atomic E-state index is 0.0922. The highest BCUT2D eigenvalue weighted by Gasteiger charge is 2.08. The second-order valence-corrected chi connectivity index (χ2v) is 2.43. The van der Waals surface area contributed by atoms with Gasteiger partial charge in [-0.05, 0) is 0 Å².